The molecule has 0 amide bonds. The zero-order chi connectivity index (χ0) is 13.5. The van der Waals surface area contributed by atoms with Gasteiger partial charge in [0.2, 0.25) is 5.88 Å². The summed E-state index contributed by atoms with van der Waals surface area (Å²) in [7, 11) is 0. The Morgan fingerprint density at radius 1 is 1.22 bits per heavy atom. The molecule has 4 heteroatoms. The molecular weight excluding hydrogens is 226 g/mol. The normalized spacial score (nSPS) is 12.3. The maximum Gasteiger partial charge on any atom is 0.222 e. The van der Waals surface area contributed by atoms with Gasteiger partial charge < -0.3 is 10.1 Å². The van der Waals surface area contributed by atoms with Gasteiger partial charge in [-0.2, -0.15) is 4.98 Å². The fourth-order valence-corrected chi connectivity index (χ4v) is 1.60. The highest BCUT2D eigenvalue weighted by Gasteiger charge is 2.13. The van der Waals surface area contributed by atoms with Gasteiger partial charge in [0, 0.05) is 13.0 Å². The van der Waals surface area contributed by atoms with E-state index in [2.05, 4.69) is 43.0 Å². The monoisotopic (exact) mass is 251 g/mol. The lowest BCUT2D eigenvalue weighted by Gasteiger charge is -2.17. The second-order valence-electron chi connectivity index (χ2n) is 4.54. The fourth-order valence-electron chi connectivity index (χ4n) is 1.60. The number of ether oxygens (including phenoxy) is 1. The first-order valence-corrected chi connectivity index (χ1v) is 6.90. The summed E-state index contributed by atoms with van der Waals surface area (Å²) in [6, 6.07) is 0. The zero-order valence-electron chi connectivity index (χ0n) is 12.2. The molecule has 0 aromatic carbocycles. The number of anilines is 1. The van der Waals surface area contributed by atoms with Crippen molar-refractivity contribution in [1.82, 2.24) is 9.97 Å². The minimum absolute atomic E-state index is 0.183. The maximum atomic E-state index is 5.88. The molecule has 1 N–H and O–H groups in total. The Balaban J connectivity index is 3.05. The van der Waals surface area contributed by atoms with Crippen molar-refractivity contribution in [1.29, 1.82) is 0 Å². The van der Waals surface area contributed by atoms with Crippen LogP contribution in [0.15, 0.2) is 0 Å². The van der Waals surface area contributed by atoms with E-state index in [0.29, 0.717) is 0 Å². The van der Waals surface area contributed by atoms with E-state index in [4.69, 9.17) is 4.74 Å². The number of aromatic nitrogens is 2. The van der Waals surface area contributed by atoms with E-state index in [-0.39, 0.29) is 6.10 Å². The summed E-state index contributed by atoms with van der Waals surface area (Å²) < 4.78 is 5.88. The molecule has 0 saturated heterocycles. The summed E-state index contributed by atoms with van der Waals surface area (Å²) in [5.41, 5.74) is 0.997. The number of hydrogen-bond donors (Lipinski definition) is 1. The van der Waals surface area contributed by atoms with E-state index in [1.807, 2.05) is 6.92 Å². The van der Waals surface area contributed by atoms with Crippen LogP contribution in [0.4, 0.5) is 5.82 Å². The maximum absolute atomic E-state index is 5.88. The predicted molar refractivity (Wildman–Crippen MR) is 75.3 cm³/mol. The highest BCUT2D eigenvalue weighted by Crippen LogP contribution is 2.23. The van der Waals surface area contributed by atoms with Gasteiger partial charge in [0.05, 0.1) is 11.7 Å². The van der Waals surface area contributed by atoms with Crippen LogP contribution in [-0.4, -0.2) is 22.6 Å². The van der Waals surface area contributed by atoms with Crippen molar-refractivity contribution in [3.8, 4) is 5.88 Å². The topological polar surface area (TPSA) is 47.0 Å². The van der Waals surface area contributed by atoms with Gasteiger partial charge in [-0.05, 0) is 33.6 Å². The summed E-state index contributed by atoms with van der Waals surface area (Å²) in [4.78, 5) is 9.06. The molecule has 4 nitrogen and oxygen atoms in total. The summed E-state index contributed by atoms with van der Waals surface area (Å²) in [5, 5.41) is 3.28. The van der Waals surface area contributed by atoms with Gasteiger partial charge in [0.25, 0.3) is 0 Å². The number of nitrogens with one attached hydrogen (secondary N) is 1. The predicted octanol–water partition coefficient (Wildman–Crippen LogP) is 3.35. The Morgan fingerprint density at radius 3 is 2.50 bits per heavy atom. The van der Waals surface area contributed by atoms with Crippen LogP contribution in [0.3, 0.4) is 0 Å². The average Bonchev–Trinajstić information content (AvgIpc) is 2.35. The summed E-state index contributed by atoms with van der Waals surface area (Å²) in [5.74, 6) is 2.48. The van der Waals surface area contributed by atoms with E-state index < -0.39 is 0 Å². The van der Waals surface area contributed by atoms with Crippen molar-refractivity contribution in [2.45, 2.75) is 60.0 Å². The molecule has 0 aliphatic heterocycles. The Kier molecular flexibility index (Phi) is 5.89. The molecule has 0 spiro atoms. The third-order valence-electron chi connectivity index (χ3n) is 2.85. The van der Waals surface area contributed by atoms with Crippen LogP contribution in [0, 0.1) is 6.92 Å². The lowest BCUT2D eigenvalue weighted by Crippen LogP contribution is -2.15. The first-order valence-electron chi connectivity index (χ1n) is 6.90. The van der Waals surface area contributed by atoms with Crippen molar-refractivity contribution in [2.24, 2.45) is 0 Å². The number of hydrogen-bond acceptors (Lipinski definition) is 4. The smallest absolute Gasteiger partial charge is 0.222 e. The van der Waals surface area contributed by atoms with Crippen molar-refractivity contribution in [3.05, 3.63) is 11.4 Å². The average molecular weight is 251 g/mol. The van der Waals surface area contributed by atoms with E-state index in [9.17, 15) is 0 Å². The second-order valence-corrected chi connectivity index (χ2v) is 4.54. The van der Waals surface area contributed by atoms with E-state index in [1.165, 1.54) is 0 Å². The van der Waals surface area contributed by atoms with Crippen molar-refractivity contribution in [3.63, 3.8) is 0 Å². The molecule has 102 valence electrons. The standard InChI is InChI=1S/C14H25N3O/c1-6-9-12-16-13(15-8-3)11(5)14(17-12)18-10(4)7-2/h10H,6-9H2,1-5H3,(H,15,16,17). The Hall–Kier alpha value is -1.32. The van der Waals surface area contributed by atoms with Crippen LogP contribution in [-0.2, 0) is 6.42 Å². The molecule has 0 radical (unpaired) electrons. The van der Waals surface area contributed by atoms with Gasteiger partial charge in [-0.1, -0.05) is 13.8 Å². The SMILES string of the molecule is CCCc1nc(NCC)c(C)c(OC(C)CC)n1. The van der Waals surface area contributed by atoms with Crippen LogP contribution in [0.5, 0.6) is 5.88 Å². The first-order chi connectivity index (χ1) is 8.62. The van der Waals surface area contributed by atoms with Gasteiger partial charge in [0.15, 0.2) is 0 Å². The molecule has 0 fully saturated rings. The summed E-state index contributed by atoms with van der Waals surface area (Å²) in [6.07, 6.45) is 3.08. The van der Waals surface area contributed by atoms with Crippen LogP contribution in [0.2, 0.25) is 0 Å². The first kappa shape index (κ1) is 14.7. The van der Waals surface area contributed by atoms with Gasteiger partial charge in [-0.3, -0.25) is 0 Å². The summed E-state index contributed by atoms with van der Waals surface area (Å²) >= 11 is 0. The fraction of sp³-hybridized carbons (Fsp3) is 0.714. The Bertz CT molecular complexity index is 380. The van der Waals surface area contributed by atoms with E-state index in [0.717, 1.165) is 48.9 Å². The molecular formula is C14H25N3O. The minimum Gasteiger partial charge on any atom is -0.474 e. The third kappa shape index (κ3) is 3.86. The molecule has 1 atom stereocenters. The van der Waals surface area contributed by atoms with Crippen LogP contribution >= 0.6 is 0 Å². The van der Waals surface area contributed by atoms with E-state index in [1.54, 1.807) is 0 Å². The molecule has 1 heterocycles. The Morgan fingerprint density at radius 2 is 1.94 bits per heavy atom. The molecule has 0 bridgehead atoms. The largest absolute Gasteiger partial charge is 0.474 e. The zero-order valence-corrected chi connectivity index (χ0v) is 12.2. The van der Waals surface area contributed by atoms with Crippen LogP contribution < -0.4 is 10.1 Å². The lowest BCUT2D eigenvalue weighted by molar-refractivity contribution is 0.206. The summed E-state index contributed by atoms with van der Waals surface area (Å²) in [6.45, 7) is 11.2. The number of nitrogens with zero attached hydrogens (tertiary/aromatic N) is 2. The van der Waals surface area contributed by atoms with Gasteiger partial charge in [-0.15, -0.1) is 0 Å². The molecule has 1 aromatic heterocycles. The molecule has 0 saturated carbocycles. The highest BCUT2D eigenvalue weighted by atomic mass is 16.5. The van der Waals surface area contributed by atoms with Crippen LogP contribution in [0.25, 0.3) is 0 Å². The quantitative estimate of drug-likeness (QED) is 0.807. The molecule has 1 unspecified atom stereocenters. The Labute approximate surface area is 110 Å². The van der Waals surface area contributed by atoms with Crippen molar-refractivity contribution < 1.29 is 4.74 Å². The van der Waals surface area contributed by atoms with Crippen LogP contribution in [0.1, 0.15) is 51.9 Å². The molecule has 1 rings (SSSR count). The highest BCUT2D eigenvalue weighted by molar-refractivity contribution is 5.48. The second kappa shape index (κ2) is 7.19. The number of rotatable bonds is 7. The van der Waals surface area contributed by atoms with Gasteiger partial charge in [0.1, 0.15) is 11.6 Å². The van der Waals surface area contributed by atoms with Gasteiger partial charge >= 0.3 is 0 Å². The molecule has 0 aliphatic rings. The lowest BCUT2D eigenvalue weighted by atomic mass is 10.2. The third-order valence-corrected chi connectivity index (χ3v) is 2.85. The molecule has 0 aliphatic carbocycles. The minimum atomic E-state index is 0.183. The molecule has 18 heavy (non-hydrogen) atoms. The van der Waals surface area contributed by atoms with Crippen molar-refractivity contribution in [2.75, 3.05) is 11.9 Å². The number of aryl methyl sites for hydroxylation is 1. The molecule has 1 aromatic rings. The van der Waals surface area contributed by atoms with E-state index >= 15 is 0 Å². The van der Waals surface area contributed by atoms with Crippen molar-refractivity contribution >= 4 is 5.82 Å². The van der Waals surface area contributed by atoms with Gasteiger partial charge in [-0.25, -0.2) is 4.98 Å².